The number of halogens is 1. The second kappa shape index (κ2) is 6.09. The quantitative estimate of drug-likeness (QED) is 0.917. The van der Waals surface area contributed by atoms with Gasteiger partial charge >= 0.3 is 0 Å². The monoisotopic (exact) mass is 276 g/mol. The summed E-state index contributed by atoms with van der Waals surface area (Å²) >= 11 is 6.08. The molecule has 0 amide bonds. The third-order valence-electron chi connectivity index (χ3n) is 3.19. The SMILES string of the molecule is COc1ccccc1CC(O)c1ccc(C)c(Cl)c1. The third-order valence-corrected chi connectivity index (χ3v) is 3.59. The van der Waals surface area contributed by atoms with Gasteiger partial charge in [-0.05, 0) is 35.7 Å². The summed E-state index contributed by atoms with van der Waals surface area (Å²) in [6, 6.07) is 13.3. The lowest BCUT2D eigenvalue weighted by molar-refractivity contribution is 0.177. The maximum absolute atomic E-state index is 10.3. The van der Waals surface area contributed by atoms with Crippen molar-refractivity contribution in [3.05, 3.63) is 64.2 Å². The summed E-state index contributed by atoms with van der Waals surface area (Å²) in [7, 11) is 1.63. The van der Waals surface area contributed by atoms with Gasteiger partial charge in [0, 0.05) is 11.4 Å². The fourth-order valence-corrected chi connectivity index (χ4v) is 2.20. The highest BCUT2D eigenvalue weighted by Crippen LogP contribution is 2.27. The van der Waals surface area contributed by atoms with Crippen LogP contribution in [0.15, 0.2) is 42.5 Å². The predicted molar refractivity (Wildman–Crippen MR) is 77.8 cm³/mol. The van der Waals surface area contributed by atoms with Crippen LogP contribution in [0.1, 0.15) is 22.8 Å². The molecular weight excluding hydrogens is 260 g/mol. The van der Waals surface area contributed by atoms with Crippen LogP contribution in [0.5, 0.6) is 5.75 Å². The average Bonchev–Trinajstić information content (AvgIpc) is 2.42. The molecule has 1 atom stereocenters. The molecule has 0 heterocycles. The smallest absolute Gasteiger partial charge is 0.122 e. The van der Waals surface area contributed by atoms with E-state index in [9.17, 15) is 5.11 Å². The molecule has 100 valence electrons. The Morgan fingerprint density at radius 2 is 1.95 bits per heavy atom. The molecule has 0 saturated heterocycles. The van der Waals surface area contributed by atoms with E-state index in [1.54, 1.807) is 7.11 Å². The number of aliphatic hydroxyl groups is 1. The van der Waals surface area contributed by atoms with Gasteiger partial charge in [-0.3, -0.25) is 0 Å². The molecule has 0 spiro atoms. The molecule has 0 aromatic heterocycles. The number of aryl methyl sites for hydroxylation is 1. The molecule has 0 aliphatic carbocycles. The van der Waals surface area contributed by atoms with Crippen molar-refractivity contribution in [2.45, 2.75) is 19.4 Å². The van der Waals surface area contributed by atoms with Gasteiger partial charge in [-0.15, -0.1) is 0 Å². The van der Waals surface area contributed by atoms with Gasteiger partial charge in [-0.1, -0.05) is 41.9 Å². The zero-order valence-corrected chi connectivity index (χ0v) is 11.8. The molecular formula is C16H17ClO2. The Morgan fingerprint density at radius 3 is 2.63 bits per heavy atom. The van der Waals surface area contributed by atoms with Crippen molar-refractivity contribution in [1.82, 2.24) is 0 Å². The molecule has 2 aromatic carbocycles. The van der Waals surface area contributed by atoms with E-state index in [2.05, 4.69) is 0 Å². The number of rotatable bonds is 4. The molecule has 0 aliphatic rings. The molecule has 19 heavy (non-hydrogen) atoms. The number of ether oxygens (including phenoxy) is 1. The van der Waals surface area contributed by atoms with Crippen LogP contribution in [0.4, 0.5) is 0 Å². The van der Waals surface area contributed by atoms with Crippen molar-refractivity contribution in [2.24, 2.45) is 0 Å². The van der Waals surface area contributed by atoms with E-state index in [0.29, 0.717) is 11.4 Å². The lowest BCUT2D eigenvalue weighted by atomic mass is 10.00. The zero-order valence-electron chi connectivity index (χ0n) is 11.1. The first-order valence-electron chi connectivity index (χ1n) is 6.18. The summed E-state index contributed by atoms with van der Waals surface area (Å²) in [5.41, 5.74) is 2.81. The molecule has 0 fully saturated rings. The Bertz CT molecular complexity index is 566. The fourth-order valence-electron chi connectivity index (χ4n) is 2.01. The first kappa shape index (κ1) is 13.9. The Labute approximate surface area is 118 Å². The topological polar surface area (TPSA) is 29.5 Å². The van der Waals surface area contributed by atoms with Crippen LogP contribution in [0, 0.1) is 6.92 Å². The van der Waals surface area contributed by atoms with Crippen molar-refractivity contribution in [3.63, 3.8) is 0 Å². The first-order valence-corrected chi connectivity index (χ1v) is 6.55. The average molecular weight is 277 g/mol. The Hall–Kier alpha value is -1.51. The fraction of sp³-hybridized carbons (Fsp3) is 0.250. The van der Waals surface area contributed by atoms with Gasteiger partial charge in [0.1, 0.15) is 5.75 Å². The Balaban J connectivity index is 2.20. The van der Waals surface area contributed by atoms with E-state index < -0.39 is 6.10 Å². The molecule has 0 saturated carbocycles. The van der Waals surface area contributed by atoms with Crippen LogP contribution in [-0.4, -0.2) is 12.2 Å². The summed E-state index contributed by atoms with van der Waals surface area (Å²) < 4.78 is 5.29. The summed E-state index contributed by atoms with van der Waals surface area (Å²) in [6.45, 7) is 1.94. The summed E-state index contributed by atoms with van der Waals surface area (Å²) in [6.07, 6.45) is -0.0851. The number of hydrogen-bond acceptors (Lipinski definition) is 2. The van der Waals surface area contributed by atoms with Crippen molar-refractivity contribution in [2.75, 3.05) is 7.11 Å². The number of hydrogen-bond donors (Lipinski definition) is 1. The van der Waals surface area contributed by atoms with Crippen LogP contribution in [0.3, 0.4) is 0 Å². The second-order valence-corrected chi connectivity index (χ2v) is 4.95. The van der Waals surface area contributed by atoms with Gasteiger partial charge in [0.2, 0.25) is 0 Å². The molecule has 2 aromatic rings. The number of methoxy groups -OCH3 is 1. The van der Waals surface area contributed by atoms with Crippen molar-refractivity contribution >= 4 is 11.6 Å². The minimum atomic E-state index is -0.589. The Morgan fingerprint density at radius 1 is 1.21 bits per heavy atom. The predicted octanol–water partition coefficient (Wildman–Crippen LogP) is 3.93. The maximum atomic E-state index is 10.3. The van der Waals surface area contributed by atoms with Crippen molar-refractivity contribution < 1.29 is 9.84 Å². The molecule has 2 nitrogen and oxygen atoms in total. The summed E-state index contributed by atoms with van der Waals surface area (Å²) in [4.78, 5) is 0. The molecule has 2 rings (SSSR count). The minimum Gasteiger partial charge on any atom is -0.496 e. The first-order chi connectivity index (χ1) is 9.11. The summed E-state index contributed by atoms with van der Waals surface area (Å²) in [5.74, 6) is 0.791. The lowest BCUT2D eigenvalue weighted by Gasteiger charge is -2.14. The lowest BCUT2D eigenvalue weighted by Crippen LogP contribution is -2.03. The second-order valence-electron chi connectivity index (χ2n) is 4.54. The highest BCUT2D eigenvalue weighted by molar-refractivity contribution is 6.31. The van der Waals surface area contributed by atoms with Crippen molar-refractivity contribution in [3.8, 4) is 5.75 Å². The van der Waals surface area contributed by atoms with E-state index in [4.69, 9.17) is 16.3 Å². The van der Waals surface area contributed by atoms with E-state index in [0.717, 1.165) is 22.4 Å². The highest BCUT2D eigenvalue weighted by atomic mass is 35.5. The van der Waals surface area contributed by atoms with Crippen LogP contribution in [-0.2, 0) is 6.42 Å². The van der Waals surface area contributed by atoms with Crippen molar-refractivity contribution in [1.29, 1.82) is 0 Å². The normalized spacial score (nSPS) is 12.2. The van der Waals surface area contributed by atoms with Gasteiger partial charge in [-0.25, -0.2) is 0 Å². The summed E-state index contributed by atoms with van der Waals surface area (Å²) in [5, 5.41) is 11.0. The number of para-hydroxylation sites is 1. The van der Waals surface area contributed by atoms with Crippen LogP contribution < -0.4 is 4.74 Å². The molecule has 0 aliphatic heterocycles. The zero-order chi connectivity index (χ0) is 13.8. The molecule has 3 heteroatoms. The standard InChI is InChI=1S/C16H17ClO2/c1-11-7-8-12(9-14(11)17)15(18)10-13-5-3-4-6-16(13)19-2/h3-9,15,18H,10H2,1-2H3. The van der Waals surface area contributed by atoms with E-state index in [1.807, 2.05) is 49.4 Å². The molecule has 0 bridgehead atoms. The third kappa shape index (κ3) is 3.28. The van der Waals surface area contributed by atoms with Crippen LogP contribution in [0.2, 0.25) is 5.02 Å². The van der Waals surface area contributed by atoms with Gasteiger partial charge < -0.3 is 9.84 Å². The van der Waals surface area contributed by atoms with Gasteiger partial charge in [0.25, 0.3) is 0 Å². The maximum Gasteiger partial charge on any atom is 0.122 e. The number of benzene rings is 2. The molecule has 1 unspecified atom stereocenters. The minimum absolute atomic E-state index is 0.503. The van der Waals surface area contributed by atoms with Gasteiger partial charge in [0.05, 0.1) is 13.2 Å². The molecule has 0 radical (unpaired) electrons. The molecule has 1 N–H and O–H groups in total. The van der Waals surface area contributed by atoms with E-state index in [-0.39, 0.29) is 0 Å². The number of aliphatic hydroxyl groups excluding tert-OH is 1. The van der Waals surface area contributed by atoms with Crippen LogP contribution >= 0.6 is 11.6 Å². The Kier molecular flexibility index (Phi) is 4.46. The van der Waals surface area contributed by atoms with Gasteiger partial charge in [-0.2, -0.15) is 0 Å². The largest absolute Gasteiger partial charge is 0.496 e. The van der Waals surface area contributed by atoms with Gasteiger partial charge in [0.15, 0.2) is 0 Å². The highest BCUT2D eigenvalue weighted by Gasteiger charge is 2.12. The van der Waals surface area contributed by atoms with Crippen LogP contribution in [0.25, 0.3) is 0 Å². The van der Waals surface area contributed by atoms with E-state index in [1.165, 1.54) is 0 Å². The van der Waals surface area contributed by atoms with E-state index >= 15 is 0 Å².